The molecule has 1 heterocycles. The van der Waals surface area contributed by atoms with Gasteiger partial charge in [0.2, 0.25) is 0 Å². The molecule has 4 aromatic rings. The van der Waals surface area contributed by atoms with Gasteiger partial charge >= 0.3 is 0 Å². The van der Waals surface area contributed by atoms with Gasteiger partial charge in [0.1, 0.15) is 0 Å². The number of carbonyl (C=O) groups excluding carboxylic acids is 1. The molecule has 0 aliphatic carbocycles. The van der Waals surface area contributed by atoms with Crippen LogP contribution in [-0.2, 0) is 6.54 Å². The first kappa shape index (κ1) is 18.0. The standard InChI is InChI=1S/C23H18ClN3O/c24-22-9-5-4-8-20(22)15-27-16-21(14-25-27)26-23(28)19-12-10-18(11-13-19)17-6-2-1-3-7-17/h1-14,16H,15H2,(H,26,28). The first-order chi connectivity index (χ1) is 13.7. The Bertz CT molecular complexity index is 1090. The topological polar surface area (TPSA) is 46.9 Å². The van der Waals surface area contributed by atoms with Gasteiger partial charge in [0.05, 0.1) is 18.4 Å². The minimum absolute atomic E-state index is 0.170. The number of halogens is 1. The second kappa shape index (κ2) is 8.11. The molecule has 4 nitrogen and oxygen atoms in total. The molecule has 1 N–H and O–H groups in total. The van der Waals surface area contributed by atoms with E-state index in [1.807, 2.05) is 78.9 Å². The highest BCUT2D eigenvalue weighted by atomic mass is 35.5. The molecule has 1 aromatic heterocycles. The van der Waals surface area contributed by atoms with E-state index in [0.29, 0.717) is 22.8 Å². The lowest BCUT2D eigenvalue weighted by molar-refractivity contribution is 0.102. The molecule has 0 aliphatic heterocycles. The Kier molecular flexibility index (Phi) is 5.22. The van der Waals surface area contributed by atoms with Crippen molar-refractivity contribution in [3.63, 3.8) is 0 Å². The quantitative estimate of drug-likeness (QED) is 0.491. The molecular formula is C23H18ClN3O. The van der Waals surface area contributed by atoms with Crippen LogP contribution >= 0.6 is 11.6 Å². The number of rotatable bonds is 5. The van der Waals surface area contributed by atoms with Gasteiger partial charge < -0.3 is 5.32 Å². The van der Waals surface area contributed by atoms with Crippen LogP contribution in [0.1, 0.15) is 15.9 Å². The molecule has 0 atom stereocenters. The normalized spacial score (nSPS) is 10.6. The summed E-state index contributed by atoms with van der Waals surface area (Å²) in [6.45, 7) is 0.543. The molecule has 0 bridgehead atoms. The highest BCUT2D eigenvalue weighted by Crippen LogP contribution is 2.20. The molecular weight excluding hydrogens is 370 g/mol. The summed E-state index contributed by atoms with van der Waals surface area (Å²) in [6.07, 6.45) is 3.42. The fourth-order valence-corrected chi connectivity index (χ4v) is 3.16. The number of carbonyl (C=O) groups is 1. The third kappa shape index (κ3) is 4.13. The van der Waals surface area contributed by atoms with Crippen LogP contribution in [-0.4, -0.2) is 15.7 Å². The lowest BCUT2D eigenvalue weighted by Gasteiger charge is -2.05. The van der Waals surface area contributed by atoms with Gasteiger partial charge in [-0.05, 0) is 34.9 Å². The summed E-state index contributed by atoms with van der Waals surface area (Å²) in [6, 6.07) is 25.2. The van der Waals surface area contributed by atoms with Gasteiger partial charge in [0.25, 0.3) is 5.91 Å². The Balaban J connectivity index is 1.43. The van der Waals surface area contributed by atoms with Gasteiger partial charge in [-0.25, -0.2) is 0 Å². The van der Waals surface area contributed by atoms with Gasteiger partial charge in [-0.2, -0.15) is 5.10 Å². The molecule has 1 amide bonds. The molecule has 4 rings (SSSR count). The summed E-state index contributed by atoms with van der Waals surface area (Å²) in [7, 11) is 0. The van der Waals surface area contributed by atoms with E-state index >= 15 is 0 Å². The molecule has 0 radical (unpaired) electrons. The van der Waals surface area contributed by atoms with Crippen LogP contribution in [0.4, 0.5) is 5.69 Å². The van der Waals surface area contributed by atoms with E-state index in [2.05, 4.69) is 10.4 Å². The Labute approximate surface area is 168 Å². The monoisotopic (exact) mass is 387 g/mol. The summed E-state index contributed by atoms with van der Waals surface area (Å²) < 4.78 is 1.75. The molecule has 0 aliphatic rings. The maximum Gasteiger partial charge on any atom is 0.255 e. The van der Waals surface area contributed by atoms with E-state index in [0.717, 1.165) is 16.7 Å². The first-order valence-electron chi connectivity index (χ1n) is 8.92. The number of hydrogen-bond acceptors (Lipinski definition) is 2. The van der Waals surface area contributed by atoms with Crippen molar-refractivity contribution in [3.8, 4) is 11.1 Å². The molecule has 0 spiro atoms. The van der Waals surface area contributed by atoms with Crippen molar-refractivity contribution < 1.29 is 4.79 Å². The van der Waals surface area contributed by atoms with E-state index in [4.69, 9.17) is 11.6 Å². The fraction of sp³-hybridized carbons (Fsp3) is 0.0435. The molecule has 138 valence electrons. The lowest BCUT2D eigenvalue weighted by Crippen LogP contribution is -2.11. The van der Waals surface area contributed by atoms with Crippen LogP contribution in [0.15, 0.2) is 91.3 Å². The minimum atomic E-state index is -0.170. The van der Waals surface area contributed by atoms with Crippen molar-refractivity contribution in [2.45, 2.75) is 6.54 Å². The number of nitrogens with zero attached hydrogens (tertiary/aromatic N) is 2. The summed E-state index contributed by atoms with van der Waals surface area (Å²) >= 11 is 6.19. The van der Waals surface area contributed by atoms with Crippen molar-refractivity contribution in [2.24, 2.45) is 0 Å². The number of aromatic nitrogens is 2. The average molecular weight is 388 g/mol. The van der Waals surface area contributed by atoms with Crippen LogP contribution in [0.3, 0.4) is 0 Å². The predicted molar refractivity (Wildman–Crippen MR) is 113 cm³/mol. The van der Waals surface area contributed by atoms with Crippen molar-refractivity contribution in [3.05, 3.63) is 107 Å². The van der Waals surface area contributed by atoms with E-state index in [9.17, 15) is 4.79 Å². The Morgan fingerprint density at radius 3 is 2.32 bits per heavy atom. The van der Waals surface area contributed by atoms with Gasteiger partial charge in [0, 0.05) is 16.8 Å². The second-order valence-electron chi connectivity index (χ2n) is 6.42. The Hall–Kier alpha value is -3.37. The molecule has 0 fully saturated rings. The Morgan fingerprint density at radius 1 is 0.893 bits per heavy atom. The number of amides is 1. The van der Waals surface area contributed by atoms with E-state index in [1.54, 1.807) is 17.1 Å². The molecule has 3 aromatic carbocycles. The summed E-state index contributed by atoms with van der Waals surface area (Å²) in [4.78, 5) is 12.5. The number of hydrogen-bond donors (Lipinski definition) is 1. The average Bonchev–Trinajstić information content (AvgIpc) is 3.17. The van der Waals surface area contributed by atoms with Gasteiger partial charge in [-0.15, -0.1) is 0 Å². The van der Waals surface area contributed by atoms with Crippen molar-refractivity contribution in [1.82, 2.24) is 9.78 Å². The zero-order valence-electron chi connectivity index (χ0n) is 15.0. The smallest absolute Gasteiger partial charge is 0.255 e. The summed E-state index contributed by atoms with van der Waals surface area (Å²) in [5, 5.41) is 7.88. The van der Waals surface area contributed by atoms with Crippen LogP contribution in [0.2, 0.25) is 5.02 Å². The maximum absolute atomic E-state index is 12.5. The summed E-state index contributed by atoms with van der Waals surface area (Å²) in [5.74, 6) is -0.170. The van der Waals surface area contributed by atoms with Crippen LogP contribution < -0.4 is 5.32 Å². The van der Waals surface area contributed by atoms with Crippen molar-refractivity contribution in [1.29, 1.82) is 0 Å². The predicted octanol–water partition coefficient (Wildman–Crippen LogP) is 5.50. The van der Waals surface area contributed by atoms with E-state index < -0.39 is 0 Å². The summed E-state index contributed by atoms with van der Waals surface area (Å²) in [5.41, 5.74) is 4.41. The molecule has 0 unspecified atom stereocenters. The SMILES string of the molecule is O=C(Nc1cnn(Cc2ccccc2Cl)c1)c1ccc(-c2ccccc2)cc1. The maximum atomic E-state index is 12.5. The van der Waals surface area contributed by atoms with Crippen LogP contribution in [0, 0.1) is 0 Å². The van der Waals surface area contributed by atoms with Crippen molar-refractivity contribution >= 4 is 23.2 Å². The molecule has 5 heteroatoms. The number of anilines is 1. The number of nitrogens with one attached hydrogen (secondary N) is 1. The largest absolute Gasteiger partial charge is 0.319 e. The highest BCUT2D eigenvalue weighted by Gasteiger charge is 2.09. The fourth-order valence-electron chi connectivity index (χ4n) is 2.96. The molecule has 0 saturated carbocycles. The Morgan fingerprint density at radius 2 is 1.57 bits per heavy atom. The molecule has 28 heavy (non-hydrogen) atoms. The number of benzene rings is 3. The van der Waals surface area contributed by atoms with Gasteiger partial charge in [-0.3, -0.25) is 9.48 Å². The molecule has 0 saturated heterocycles. The third-order valence-electron chi connectivity index (χ3n) is 4.44. The van der Waals surface area contributed by atoms with Crippen LogP contribution in [0.5, 0.6) is 0 Å². The minimum Gasteiger partial charge on any atom is -0.319 e. The third-order valence-corrected chi connectivity index (χ3v) is 4.80. The first-order valence-corrected chi connectivity index (χ1v) is 9.29. The van der Waals surface area contributed by atoms with Gasteiger partial charge in [-0.1, -0.05) is 72.3 Å². The van der Waals surface area contributed by atoms with Crippen LogP contribution in [0.25, 0.3) is 11.1 Å². The lowest BCUT2D eigenvalue weighted by atomic mass is 10.0. The zero-order valence-corrected chi connectivity index (χ0v) is 15.8. The zero-order chi connectivity index (χ0) is 19.3. The second-order valence-corrected chi connectivity index (χ2v) is 6.82. The van der Waals surface area contributed by atoms with Gasteiger partial charge in [0.15, 0.2) is 0 Å². The van der Waals surface area contributed by atoms with E-state index in [-0.39, 0.29) is 5.91 Å². The highest BCUT2D eigenvalue weighted by molar-refractivity contribution is 6.31. The van der Waals surface area contributed by atoms with Crippen molar-refractivity contribution in [2.75, 3.05) is 5.32 Å². The van der Waals surface area contributed by atoms with E-state index in [1.165, 1.54) is 0 Å².